The van der Waals surface area contributed by atoms with Crippen molar-refractivity contribution >= 4 is 34.5 Å². The van der Waals surface area contributed by atoms with E-state index in [1.807, 2.05) is 24.3 Å². The zero-order valence-electron chi connectivity index (χ0n) is 30.0. The van der Waals surface area contributed by atoms with Crippen molar-refractivity contribution < 1.29 is 58.9 Å². The third-order valence-corrected chi connectivity index (χ3v) is 10.5. The van der Waals surface area contributed by atoms with Gasteiger partial charge in [0.25, 0.3) is 0 Å². The number of aldehydes is 1. The standard InChI is InChI=1S/C40H47NO12/c1-3-50-39(48)38-28(20-45)32(24-16-25(19-44)34(47)26(17-24)22-7-8-30-23(15-22)9-11-41-30)33-36(51-14-6-13-43)27-18-31(40(2,49)10-4-5-12-42)52-35(27)29(21-46)37(33)53-38/h7-9,11,15,20,25-26,31,41-44,46,49H,3-6,10,12-14,16-19,21H2,1-2H3. The Morgan fingerprint density at radius 3 is 2.55 bits per heavy atom. The van der Waals surface area contributed by atoms with E-state index < -0.39 is 48.5 Å². The monoisotopic (exact) mass is 733 g/mol. The molecule has 3 aromatic rings. The lowest BCUT2D eigenvalue weighted by molar-refractivity contribution is -0.141. The van der Waals surface area contributed by atoms with Crippen LogP contribution in [-0.4, -0.2) is 93.3 Å². The van der Waals surface area contributed by atoms with Crippen molar-refractivity contribution in [1.82, 2.24) is 4.98 Å². The minimum atomic E-state index is -1.36. The summed E-state index contributed by atoms with van der Waals surface area (Å²) in [6.45, 7) is 1.98. The number of esters is 1. The van der Waals surface area contributed by atoms with E-state index in [-0.39, 0.29) is 97.4 Å². The molecule has 1 aromatic heterocycles. The lowest BCUT2D eigenvalue weighted by Crippen LogP contribution is -2.42. The van der Waals surface area contributed by atoms with Gasteiger partial charge in [0.15, 0.2) is 6.29 Å². The fourth-order valence-electron chi connectivity index (χ4n) is 7.75. The Bertz CT molecular complexity index is 1940. The van der Waals surface area contributed by atoms with Gasteiger partial charge in [-0.2, -0.15) is 0 Å². The summed E-state index contributed by atoms with van der Waals surface area (Å²) in [5.41, 5.74) is 1.85. The summed E-state index contributed by atoms with van der Waals surface area (Å²) in [4.78, 5) is 43.8. The predicted octanol–water partition coefficient (Wildman–Crippen LogP) is 3.56. The first kappa shape index (κ1) is 38.2. The molecule has 53 heavy (non-hydrogen) atoms. The first-order chi connectivity index (χ1) is 25.6. The maximum absolute atomic E-state index is 13.9. The molecular formula is C40H47NO12. The minimum absolute atomic E-state index is 0.00952. The maximum atomic E-state index is 13.9. The summed E-state index contributed by atoms with van der Waals surface area (Å²) in [5, 5.41) is 52.9. The number of allylic oxidation sites excluding steroid dienone is 3. The molecule has 6 N–H and O–H groups in total. The average Bonchev–Trinajstić information content (AvgIpc) is 3.82. The molecule has 0 spiro atoms. The van der Waals surface area contributed by atoms with Gasteiger partial charge in [0, 0.05) is 60.7 Å². The quantitative estimate of drug-likeness (QED) is 0.0754. The first-order valence-electron chi connectivity index (χ1n) is 18.2. The topological polar surface area (TPSA) is 205 Å². The molecule has 2 aromatic carbocycles. The van der Waals surface area contributed by atoms with Gasteiger partial charge in [-0.25, -0.2) is 4.79 Å². The molecule has 1 fully saturated rings. The van der Waals surface area contributed by atoms with Crippen molar-refractivity contribution in [2.45, 2.75) is 83.0 Å². The third kappa shape index (κ3) is 7.24. The minimum Gasteiger partial charge on any atom is -0.492 e. The first-order valence-corrected chi connectivity index (χ1v) is 18.2. The average molecular weight is 734 g/mol. The van der Waals surface area contributed by atoms with Gasteiger partial charge < -0.3 is 49.5 Å². The fourth-order valence-corrected chi connectivity index (χ4v) is 7.75. The van der Waals surface area contributed by atoms with Crippen LogP contribution in [0.3, 0.4) is 0 Å². The molecule has 0 saturated heterocycles. The number of benzene rings is 2. The zero-order chi connectivity index (χ0) is 37.9. The molecule has 4 atom stereocenters. The number of aromatic amines is 1. The van der Waals surface area contributed by atoms with Crippen LogP contribution in [0, 0.1) is 5.92 Å². The molecular weight excluding hydrogens is 686 g/mol. The van der Waals surface area contributed by atoms with Crippen molar-refractivity contribution in [3.8, 4) is 17.2 Å². The van der Waals surface area contributed by atoms with Gasteiger partial charge in [0.1, 0.15) is 29.1 Å². The van der Waals surface area contributed by atoms with E-state index in [4.69, 9.17) is 18.9 Å². The summed E-state index contributed by atoms with van der Waals surface area (Å²) in [7, 11) is 0. The highest BCUT2D eigenvalue weighted by Gasteiger charge is 2.46. The second-order valence-corrected chi connectivity index (χ2v) is 14.0. The van der Waals surface area contributed by atoms with E-state index in [1.165, 1.54) is 0 Å². The number of carbonyl (C=O) groups is 3. The van der Waals surface area contributed by atoms with Crippen LogP contribution in [0.4, 0.5) is 0 Å². The maximum Gasteiger partial charge on any atom is 0.375 e. The van der Waals surface area contributed by atoms with Crippen LogP contribution in [-0.2, 0) is 32.1 Å². The Morgan fingerprint density at radius 2 is 1.85 bits per heavy atom. The van der Waals surface area contributed by atoms with Crippen molar-refractivity contribution in [1.29, 1.82) is 0 Å². The number of ether oxygens (including phenoxy) is 4. The highest BCUT2D eigenvalue weighted by molar-refractivity contribution is 6.11. The summed E-state index contributed by atoms with van der Waals surface area (Å²) in [5.74, 6) is -2.63. The molecule has 1 saturated carbocycles. The summed E-state index contributed by atoms with van der Waals surface area (Å²) in [6, 6.07) is 7.55. The third-order valence-electron chi connectivity index (χ3n) is 10.5. The number of rotatable bonds is 15. The Kier molecular flexibility index (Phi) is 11.7. The molecule has 6 rings (SSSR count). The van der Waals surface area contributed by atoms with E-state index in [0.717, 1.165) is 16.5 Å². The van der Waals surface area contributed by atoms with E-state index in [0.29, 0.717) is 36.7 Å². The number of nitrogens with one attached hydrogen (secondary N) is 1. The number of hydrogen-bond acceptors (Lipinski definition) is 12. The van der Waals surface area contributed by atoms with Crippen LogP contribution in [0.2, 0.25) is 0 Å². The van der Waals surface area contributed by atoms with Crippen LogP contribution >= 0.6 is 0 Å². The number of aliphatic hydroxyl groups excluding tert-OH is 4. The van der Waals surface area contributed by atoms with E-state index in [9.17, 15) is 39.9 Å². The highest BCUT2D eigenvalue weighted by Crippen LogP contribution is 2.57. The zero-order valence-corrected chi connectivity index (χ0v) is 30.0. The number of Topliss-reactive ketones (excluding diaryl/α,β-unsaturated/α-hetero) is 1. The van der Waals surface area contributed by atoms with Gasteiger partial charge in [0.05, 0.1) is 48.7 Å². The van der Waals surface area contributed by atoms with Crippen molar-refractivity contribution in [2.75, 3.05) is 33.0 Å². The number of aliphatic hydroxyl groups is 5. The van der Waals surface area contributed by atoms with Gasteiger partial charge >= 0.3 is 5.97 Å². The number of H-pyrrole nitrogens is 1. The smallest absolute Gasteiger partial charge is 0.375 e. The van der Waals surface area contributed by atoms with Crippen molar-refractivity contribution in [3.63, 3.8) is 0 Å². The van der Waals surface area contributed by atoms with E-state index >= 15 is 0 Å². The molecule has 3 aliphatic rings. The fraction of sp³-hybridized carbons (Fsp3) is 0.475. The second kappa shape index (κ2) is 16.2. The number of fused-ring (bicyclic) bond motifs is 3. The van der Waals surface area contributed by atoms with Gasteiger partial charge in [-0.1, -0.05) is 11.6 Å². The number of unbranched alkanes of at least 4 members (excludes halogenated alkanes) is 1. The SMILES string of the molecule is CCOC(=O)C1=C(C=O)C(=C2CC(CO)C(=O)C(c3ccc4[nH]ccc4c3)C2)c2c(OCCCO)c3c(c(CO)c2O1)OC(C(C)(O)CCCCO)C3. The summed E-state index contributed by atoms with van der Waals surface area (Å²) in [6.07, 6.45) is 3.40. The Hall–Kier alpha value is -4.53. The van der Waals surface area contributed by atoms with Crippen LogP contribution in [0.5, 0.6) is 17.2 Å². The molecule has 0 bridgehead atoms. The molecule has 3 heterocycles. The molecule has 0 amide bonds. The Balaban J connectivity index is 1.61. The molecule has 4 unspecified atom stereocenters. The normalized spacial score (nSPS) is 22.2. The molecule has 1 aliphatic carbocycles. The van der Waals surface area contributed by atoms with Gasteiger partial charge in [-0.15, -0.1) is 0 Å². The van der Waals surface area contributed by atoms with Gasteiger partial charge in [0.2, 0.25) is 5.76 Å². The second-order valence-electron chi connectivity index (χ2n) is 14.0. The summed E-state index contributed by atoms with van der Waals surface area (Å²) < 4.78 is 24.4. The van der Waals surface area contributed by atoms with Gasteiger partial charge in [-0.3, -0.25) is 9.59 Å². The molecule has 2 aliphatic heterocycles. The van der Waals surface area contributed by atoms with Crippen LogP contribution in [0.15, 0.2) is 47.4 Å². The molecule has 284 valence electrons. The predicted molar refractivity (Wildman–Crippen MR) is 192 cm³/mol. The summed E-state index contributed by atoms with van der Waals surface area (Å²) >= 11 is 0. The van der Waals surface area contributed by atoms with Gasteiger partial charge in [-0.05, 0) is 75.1 Å². The largest absolute Gasteiger partial charge is 0.492 e. The molecule has 13 heteroatoms. The van der Waals surface area contributed by atoms with Crippen LogP contribution in [0.1, 0.15) is 80.5 Å². The molecule has 0 radical (unpaired) electrons. The Morgan fingerprint density at radius 1 is 1.06 bits per heavy atom. The number of aromatic nitrogens is 1. The number of ketones is 1. The number of carbonyl (C=O) groups excluding carboxylic acids is 3. The van der Waals surface area contributed by atoms with Crippen molar-refractivity contribution in [3.05, 3.63) is 69.6 Å². The van der Waals surface area contributed by atoms with E-state index in [2.05, 4.69) is 4.98 Å². The Labute approximate surface area is 306 Å². The highest BCUT2D eigenvalue weighted by atomic mass is 16.6. The van der Waals surface area contributed by atoms with Crippen molar-refractivity contribution in [2.24, 2.45) is 5.92 Å². The van der Waals surface area contributed by atoms with Crippen LogP contribution in [0.25, 0.3) is 16.5 Å². The van der Waals surface area contributed by atoms with E-state index in [1.54, 1.807) is 20.0 Å². The lowest BCUT2D eigenvalue weighted by atomic mass is 9.71. The molecule has 13 nitrogen and oxygen atoms in total. The van der Waals surface area contributed by atoms with Crippen LogP contribution < -0.4 is 14.2 Å². The number of hydrogen-bond donors (Lipinski definition) is 6. The lowest BCUT2D eigenvalue weighted by Gasteiger charge is -2.34.